The Kier molecular flexibility index (Phi) is 3.85. The molecule has 0 aliphatic heterocycles. The number of pyridine rings is 1. The van der Waals surface area contributed by atoms with Crippen LogP contribution in [0.3, 0.4) is 0 Å². The molecule has 23 heavy (non-hydrogen) atoms. The van der Waals surface area contributed by atoms with Crippen LogP contribution in [0.15, 0.2) is 59.4 Å². The quantitative estimate of drug-likeness (QED) is 0.804. The number of aromatic nitrogens is 1. The van der Waals surface area contributed by atoms with Crippen LogP contribution < -0.4 is 10.3 Å². The summed E-state index contributed by atoms with van der Waals surface area (Å²) in [7, 11) is 1.59. The predicted octanol–water partition coefficient (Wildman–Crippen LogP) is 2.76. The summed E-state index contributed by atoms with van der Waals surface area (Å²) < 4.78 is 6.82. The van der Waals surface area contributed by atoms with Gasteiger partial charge in [0, 0.05) is 11.5 Å². The van der Waals surface area contributed by atoms with Gasteiger partial charge in [0.15, 0.2) is 0 Å². The topological polar surface area (TPSA) is 68.5 Å². The van der Waals surface area contributed by atoms with Crippen molar-refractivity contribution in [1.82, 2.24) is 4.57 Å². The molecule has 0 aliphatic carbocycles. The van der Waals surface area contributed by atoms with Crippen LogP contribution in [-0.2, 0) is 6.54 Å². The summed E-state index contributed by atoms with van der Waals surface area (Å²) in [5.74, 6) is -0.266. The lowest BCUT2D eigenvalue weighted by atomic mass is 10.1. The first-order chi connectivity index (χ1) is 11.1. The van der Waals surface area contributed by atoms with E-state index in [0.717, 1.165) is 22.2 Å². The van der Waals surface area contributed by atoms with Gasteiger partial charge in [0.25, 0.3) is 5.56 Å². The van der Waals surface area contributed by atoms with Crippen molar-refractivity contribution in [3.05, 3.63) is 76.1 Å². The third kappa shape index (κ3) is 2.94. The molecule has 0 saturated heterocycles. The molecule has 0 fully saturated rings. The molecular formula is C18H15NO4. The molecule has 3 rings (SSSR count). The van der Waals surface area contributed by atoms with Crippen molar-refractivity contribution in [3.8, 4) is 5.75 Å². The molecule has 0 atom stereocenters. The zero-order valence-corrected chi connectivity index (χ0v) is 12.5. The van der Waals surface area contributed by atoms with E-state index in [-0.39, 0.29) is 11.1 Å². The number of hydrogen-bond donors (Lipinski definition) is 1. The molecule has 0 unspecified atom stereocenters. The van der Waals surface area contributed by atoms with Crippen molar-refractivity contribution in [1.29, 1.82) is 0 Å². The largest absolute Gasteiger partial charge is 0.497 e. The van der Waals surface area contributed by atoms with Gasteiger partial charge >= 0.3 is 5.97 Å². The van der Waals surface area contributed by atoms with Gasteiger partial charge in [0.2, 0.25) is 0 Å². The third-order valence-electron chi connectivity index (χ3n) is 3.71. The Morgan fingerprint density at radius 1 is 1.13 bits per heavy atom. The summed E-state index contributed by atoms with van der Waals surface area (Å²) in [6.45, 7) is 0.309. The molecule has 1 aromatic heterocycles. The van der Waals surface area contributed by atoms with Crippen molar-refractivity contribution in [3.63, 3.8) is 0 Å². The lowest BCUT2D eigenvalue weighted by Crippen LogP contribution is -2.20. The molecule has 2 aromatic carbocycles. The first kappa shape index (κ1) is 14.8. The number of methoxy groups -OCH3 is 1. The lowest BCUT2D eigenvalue weighted by Gasteiger charge is -2.11. The maximum Gasteiger partial charge on any atom is 0.335 e. The van der Waals surface area contributed by atoms with Gasteiger partial charge in [0.1, 0.15) is 5.75 Å². The Labute approximate surface area is 132 Å². The van der Waals surface area contributed by atoms with E-state index in [4.69, 9.17) is 9.84 Å². The van der Waals surface area contributed by atoms with Gasteiger partial charge in [0.05, 0.1) is 24.7 Å². The number of ether oxygens (including phenoxy) is 1. The summed E-state index contributed by atoms with van der Waals surface area (Å²) in [5.41, 5.74) is 1.61. The van der Waals surface area contributed by atoms with E-state index in [1.165, 1.54) is 12.1 Å². The molecule has 3 aromatic rings. The number of carboxylic acid groups (broad SMARTS) is 1. The second kappa shape index (κ2) is 5.96. The Bertz CT molecular complexity index is 943. The minimum atomic E-state index is -0.984. The Morgan fingerprint density at radius 3 is 2.70 bits per heavy atom. The van der Waals surface area contributed by atoms with Gasteiger partial charge in [-0.25, -0.2) is 4.79 Å². The summed E-state index contributed by atoms with van der Waals surface area (Å²) in [4.78, 5) is 23.3. The monoisotopic (exact) mass is 309 g/mol. The molecule has 0 bridgehead atoms. The Balaban J connectivity index is 2.09. The van der Waals surface area contributed by atoms with Crippen LogP contribution in [0.4, 0.5) is 0 Å². The highest BCUT2D eigenvalue weighted by molar-refractivity contribution is 5.87. The highest BCUT2D eigenvalue weighted by Gasteiger charge is 2.07. The fourth-order valence-electron chi connectivity index (χ4n) is 2.56. The number of carbonyl (C=O) groups is 1. The zero-order valence-electron chi connectivity index (χ0n) is 12.5. The Morgan fingerprint density at radius 2 is 1.96 bits per heavy atom. The summed E-state index contributed by atoms with van der Waals surface area (Å²) in [6.07, 6.45) is 0. The smallest absolute Gasteiger partial charge is 0.335 e. The van der Waals surface area contributed by atoms with Gasteiger partial charge in [-0.05, 0) is 42.0 Å². The molecule has 1 heterocycles. The van der Waals surface area contributed by atoms with Crippen LogP contribution in [-0.4, -0.2) is 22.8 Å². The standard InChI is InChI=1S/C18H15NO4/c1-23-15-6-7-16-13(10-15)5-8-17(20)19(16)11-12-3-2-4-14(9-12)18(21)22/h2-10H,11H2,1H3,(H,21,22). The van der Waals surface area contributed by atoms with E-state index < -0.39 is 5.97 Å². The molecular weight excluding hydrogens is 294 g/mol. The van der Waals surface area contributed by atoms with E-state index in [1.54, 1.807) is 42.0 Å². The summed E-state index contributed by atoms with van der Waals surface area (Å²) >= 11 is 0. The minimum absolute atomic E-state index is 0.136. The molecule has 5 nitrogen and oxygen atoms in total. The van der Waals surface area contributed by atoms with Gasteiger partial charge in [-0.1, -0.05) is 12.1 Å². The maximum atomic E-state index is 12.2. The van der Waals surface area contributed by atoms with Gasteiger partial charge in [-0.15, -0.1) is 0 Å². The first-order valence-electron chi connectivity index (χ1n) is 7.08. The Hall–Kier alpha value is -3.08. The molecule has 1 N–H and O–H groups in total. The average Bonchev–Trinajstić information content (AvgIpc) is 2.57. The van der Waals surface area contributed by atoms with Crippen LogP contribution >= 0.6 is 0 Å². The fourth-order valence-corrected chi connectivity index (χ4v) is 2.56. The number of fused-ring (bicyclic) bond motifs is 1. The molecule has 0 saturated carbocycles. The van der Waals surface area contributed by atoms with Crippen LogP contribution in [0.5, 0.6) is 5.75 Å². The predicted molar refractivity (Wildman–Crippen MR) is 87.3 cm³/mol. The van der Waals surface area contributed by atoms with E-state index in [9.17, 15) is 9.59 Å². The lowest BCUT2D eigenvalue weighted by molar-refractivity contribution is 0.0696. The second-order valence-electron chi connectivity index (χ2n) is 5.19. The number of aromatic carboxylic acids is 1. The number of rotatable bonds is 4. The van der Waals surface area contributed by atoms with Crippen LogP contribution in [0, 0.1) is 0 Å². The minimum Gasteiger partial charge on any atom is -0.497 e. The SMILES string of the molecule is COc1ccc2c(ccc(=O)n2Cc2cccc(C(=O)O)c2)c1. The van der Waals surface area contributed by atoms with E-state index in [2.05, 4.69) is 0 Å². The van der Waals surface area contributed by atoms with Crippen LogP contribution in [0.2, 0.25) is 0 Å². The maximum absolute atomic E-state index is 12.2. The number of nitrogens with zero attached hydrogens (tertiary/aromatic N) is 1. The third-order valence-corrected chi connectivity index (χ3v) is 3.71. The highest BCUT2D eigenvalue weighted by Crippen LogP contribution is 2.20. The van der Waals surface area contributed by atoms with Crippen LogP contribution in [0.1, 0.15) is 15.9 Å². The molecule has 0 aliphatic rings. The molecule has 0 radical (unpaired) electrons. The van der Waals surface area contributed by atoms with Crippen LogP contribution in [0.25, 0.3) is 10.9 Å². The molecule has 0 spiro atoms. The van der Waals surface area contributed by atoms with Crippen molar-refractivity contribution in [2.75, 3.05) is 7.11 Å². The highest BCUT2D eigenvalue weighted by atomic mass is 16.5. The molecule has 0 amide bonds. The van der Waals surface area contributed by atoms with Crippen molar-refractivity contribution in [2.45, 2.75) is 6.54 Å². The summed E-state index contributed by atoms with van der Waals surface area (Å²) in [5, 5.41) is 9.96. The zero-order chi connectivity index (χ0) is 16.4. The number of carboxylic acids is 1. The molecule has 5 heteroatoms. The van der Waals surface area contributed by atoms with Gasteiger partial charge < -0.3 is 14.4 Å². The van der Waals surface area contributed by atoms with Crippen molar-refractivity contribution < 1.29 is 14.6 Å². The molecule has 116 valence electrons. The average molecular weight is 309 g/mol. The second-order valence-corrected chi connectivity index (χ2v) is 5.19. The van der Waals surface area contributed by atoms with Gasteiger partial charge in [-0.3, -0.25) is 4.79 Å². The van der Waals surface area contributed by atoms with Crippen molar-refractivity contribution in [2.24, 2.45) is 0 Å². The van der Waals surface area contributed by atoms with E-state index >= 15 is 0 Å². The number of benzene rings is 2. The van der Waals surface area contributed by atoms with E-state index in [1.807, 2.05) is 12.1 Å². The summed E-state index contributed by atoms with van der Waals surface area (Å²) in [6, 6.07) is 15.3. The van der Waals surface area contributed by atoms with E-state index in [0.29, 0.717) is 6.54 Å². The van der Waals surface area contributed by atoms with Crippen molar-refractivity contribution >= 4 is 16.9 Å². The fraction of sp³-hybridized carbons (Fsp3) is 0.111. The first-order valence-corrected chi connectivity index (χ1v) is 7.08. The van der Waals surface area contributed by atoms with Gasteiger partial charge in [-0.2, -0.15) is 0 Å². The normalized spacial score (nSPS) is 10.7. The number of hydrogen-bond acceptors (Lipinski definition) is 3.